The molecule has 1 N–H and O–H groups in total. The number of aromatic nitrogens is 1. The molecule has 1 heterocycles. The van der Waals surface area contributed by atoms with E-state index in [0.29, 0.717) is 11.2 Å². The summed E-state index contributed by atoms with van der Waals surface area (Å²) in [5.74, 6) is 0.399. The standard InChI is InChI=1S/C12H13FN2/c1-3-14-12-11-9(6-7-15-12)8(2)4-5-10(11)13/h4-7H,3H2,1-2H3,(H,14,15). The fourth-order valence-corrected chi connectivity index (χ4v) is 1.70. The van der Waals surface area contributed by atoms with Crippen molar-refractivity contribution in [3.63, 3.8) is 0 Å². The second-order valence-corrected chi connectivity index (χ2v) is 3.48. The topological polar surface area (TPSA) is 24.9 Å². The van der Waals surface area contributed by atoms with Crippen molar-refractivity contribution in [3.8, 4) is 0 Å². The van der Waals surface area contributed by atoms with Crippen LogP contribution in [0.25, 0.3) is 10.8 Å². The SMILES string of the molecule is CCNc1nccc2c(C)ccc(F)c12. The van der Waals surface area contributed by atoms with Gasteiger partial charge in [-0.25, -0.2) is 9.37 Å². The van der Waals surface area contributed by atoms with Crippen LogP contribution < -0.4 is 5.32 Å². The number of nitrogens with one attached hydrogen (secondary N) is 1. The van der Waals surface area contributed by atoms with E-state index in [4.69, 9.17) is 0 Å². The summed E-state index contributed by atoms with van der Waals surface area (Å²) < 4.78 is 13.7. The number of rotatable bonds is 2. The van der Waals surface area contributed by atoms with E-state index in [0.717, 1.165) is 17.5 Å². The number of nitrogens with zero attached hydrogens (tertiary/aromatic N) is 1. The first-order chi connectivity index (χ1) is 7.24. The van der Waals surface area contributed by atoms with Gasteiger partial charge in [-0.05, 0) is 36.9 Å². The zero-order valence-corrected chi connectivity index (χ0v) is 8.84. The predicted octanol–water partition coefficient (Wildman–Crippen LogP) is 3.11. The van der Waals surface area contributed by atoms with E-state index < -0.39 is 0 Å². The monoisotopic (exact) mass is 204 g/mol. The third-order valence-electron chi connectivity index (χ3n) is 2.44. The van der Waals surface area contributed by atoms with Gasteiger partial charge >= 0.3 is 0 Å². The maximum absolute atomic E-state index is 13.7. The van der Waals surface area contributed by atoms with Gasteiger partial charge in [-0.2, -0.15) is 0 Å². The van der Waals surface area contributed by atoms with Crippen molar-refractivity contribution in [1.29, 1.82) is 0 Å². The molecule has 2 nitrogen and oxygen atoms in total. The largest absolute Gasteiger partial charge is 0.370 e. The third-order valence-corrected chi connectivity index (χ3v) is 2.44. The van der Waals surface area contributed by atoms with E-state index in [2.05, 4.69) is 10.3 Å². The lowest BCUT2D eigenvalue weighted by Gasteiger charge is -2.09. The molecule has 0 aliphatic carbocycles. The van der Waals surface area contributed by atoms with E-state index in [1.165, 1.54) is 6.07 Å². The highest BCUT2D eigenvalue weighted by Gasteiger charge is 2.08. The Hall–Kier alpha value is -1.64. The van der Waals surface area contributed by atoms with Gasteiger partial charge < -0.3 is 5.32 Å². The molecule has 15 heavy (non-hydrogen) atoms. The van der Waals surface area contributed by atoms with Gasteiger partial charge in [0.2, 0.25) is 0 Å². The molecule has 0 atom stereocenters. The molecule has 0 saturated carbocycles. The van der Waals surface area contributed by atoms with Gasteiger partial charge in [-0.1, -0.05) is 6.07 Å². The molecule has 0 spiro atoms. The highest BCUT2D eigenvalue weighted by atomic mass is 19.1. The Morgan fingerprint density at radius 3 is 2.87 bits per heavy atom. The van der Waals surface area contributed by atoms with Crippen molar-refractivity contribution in [2.45, 2.75) is 13.8 Å². The first-order valence-electron chi connectivity index (χ1n) is 5.01. The molecule has 2 aromatic rings. The van der Waals surface area contributed by atoms with Crippen molar-refractivity contribution in [2.24, 2.45) is 0 Å². The van der Waals surface area contributed by atoms with Crippen LogP contribution in [0.1, 0.15) is 12.5 Å². The lowest BCUT2D eigenvalue weighted by Crippen LogP contribution is -2.01. The second kappa shape index (κ2) is 3.85. The zero-order valence-electron chi connectivity index (χ0n) is 8.84. The van der Waals surface area contributed by atoms with Gasteiger partial charge in [0.1, 0.15) is 11.6 Å². The van der Waals surface area contributed by atoms with Crippen LogP contribution in [-0.2, 0) is 0 Å². The minimum atomic E-state index is -0.223. The van der Waals surface area contributed by atoms with Crippen molar-refractivity contribution < 1.29 is 4.39 Å². The highest BCUT2D eigenvalue weighted by molar-refractivity contribution is 5.94. The number of benzene rings is 1. The molecule has 78 valence electrons. The highest BCUT2D eigenvalue weighted by Crippen LogP contribution is 2.26. The number of hydrogen-bond donors (Lipinski definition) is 1. The molecule has 0 bridgehead atoms. The lowest BCUT2D eigenvalue weighted by molar-refractivity contribution is 0.639. The molecule has 1 aromatic carbocycles. The fourth-order valence-electron chi connectivity index (χ4n) is 1.70. The third kappa shape index (κ3) is 1.65. The van der Waals surface area contributed by atoms with Gasteiger partial charge in [0.15, 0.2) is 0 Å². The van der Waals surface area contributed by atoms with Crippen LogP contribution in [-0.4, -0.2) is 11.5 Å². The molecule has 3 heteroatoms. The van der Waals surface area contributed by atoms with Crippen LogP contribution in [0.4, 0.5) is 10.2 Å². The molecule has 0 radical (unpaired) electrons. The first-order valence-corrected chi connectivity index (χ1v) is 5.01. The van der Waals surface area contributed by atoms with Gasteiger partial charge in [-0.3, -0.25) is 0 Å². The van der Waals surface area contributed by atoms with Crippen molar-refractivity contribution in [3.05, 3.63) is 35.8 Å². The van der Waals surface area contributed by atoms with E-state index in [-0.39, 0.29) is 5.82 Å². The molecule has 0 aliphatic heterocycles. The average Bonchev–Trinajstić information content (AvgIpc) is 2.24. The number of anilines is 1. The maximum Gasteiger partial charge on any atom is 0.136 e. The summed E-state index contributed by atoms with van der Waals surface area (Å²) in [6.07, 6.45) is 1.70. The normalized spacial score (nSPS) is 10.6. The second-order valence-electron chi connectivity index (χ2n) is 3.48. The Morgan fingerprint density at radius 1 is 1.33 bits per heavy atom. The van der Waals surface area contributed by atoms with Crippen molar-refractivity contribution in [1.82, 2.24) is 4.98 Å². The molecule has 0 amide bonds. The Kier molecular flexibility index (Phi) is 2.54. The molecule has 0 unspecified atom stereocenters. The van der Waals surface area contributed by atoms with Gasteiger partial charge in [0, 0.05) is 12.7 Å². The molecule has 0 fully saturated rings. The lowest BCUT2D eigenvalue weighted by atomic mass is 10.1. The summed E-state index contributed by atoms with van der Waals surface area (Å²) in [4.78, 5) is 4.15. The molecule has 2 rings (SSSR count). The minimum absolute atomic E-state index is 0.223. The quantitative estimate of drug-likeness (QED) is 0.813. The molecular weight excluding hydrogens is 191 g/mol. The Labute approximate surface area is 88.1 Å². The van der Waals surface area contributed by atoms with Crippen LogP contribution in [0.3, 0.4) is 0 Å². The number of hydrogen-bond acceptors (Lipinski definition) is 2. The summed E-state index contributed by atoms with van der Waals surface area (Å²) in [5, 5.41) is 4.57. The average molecular weight is 204 g/mol. The van der Waals surface area contributed by atoms with Crippen LogP contribution in [0.15, 0.2) is 24.4 Å². The predicted molar refractivity (Wildman–Crippen MR) is 60.6 cm³/mol. The maximum atomic E-state index is 13.7. The summed E-state index contributed by atoms with van der Waals surface area (Å²) in [6.45, 7) is 4.67. The van der Waals surface area contributed by atoms with Gasteiger partial charge in [-0.15, -0.1) is 0 Å². The number of fused-ring (bicyclic) bond motifs is 1. The number of halogens is 1. The van der Waals surface area contributed by atoms with E-state index in [1.807, 2.05) is 19.9 Å². The molecular formula is C12H13FN2. The van der Waals surface area contributed by atoms with E-state index in [1.54, 1.807) is 12.3 Å². The van der Waals surface area contributed by atoms with Gasteiger partial charge in [0.25, 0.3) is 0 Å². The number of aryl methyl sites for hydroxylation is 1. The van der Waals surface area contributed by atoms with Crippen LogP contribution in [0, 0.1) is 12.7 Å². The molecule has 0 saturated heterocycles. The minimum Gasteiger partial charge on any atom is -0.370 e. The Balaban J connectivity index is 2.78. The first kappa shape index (κ1) is 9.90. The molecule has 1 aromatic heterocycles. The van der Waals surface area contributed by atoms with Crippen molar-refractivity contribution in [2.75, 3.05) is 11.9 Å². The van der Waals surface area contributed by atoms with Crippen LogP contribution >= 0.6 is 0 Å². The Bertz CT molecular complexity index is 494. The van der Waals surface area contributed by atoms with Crippen molar-refractivity contribution >= 4 is 16.6 Å². The fraction of sp³-hybridized carbons (Fsp3) is 0.250. The van der Waals surface area contributed by atoms with E-state index in [9.17, 15) is 4.39 Å². The zero-order chi connectivity index (χ0) is 10.8. The summed E-state index contributed by atoms with van der Waals surface area (Å²) in [6, 6.07) is 5.11. The van der Waals surface area contributed by atoms with Crippen LogP contribution in [0.5, 0.6) is 0 Å². The summed E-state index contributed by atoms with van der Waals surface area (Å²) in [7, 11) is 0. The number of pyridine rings is 1. The Morgan fingerprint density at radius 2 is 2.13 bits per heavy atom. The summed E-state index contributed by atoms with van der Waals surface area (Å²) >= 11 is 0. The smallest absolute Gasteiger partial charge is 0.136 e. The van der Waals surface area contributed by atoms with Crippen LogP contribution in [0.2, 0.25) is 0 Å². The molecule has 0 aliphatic rings. The van der Waals surface area contributed by atoms with Gasteiger partial charge in [0.05, 0.1) is 5.39 Å². The summed E-state index contributed by atoms with van der Waals surface area (Å²) in [5.41, 5.74) is 1.06. The van der Waals surface area contributed by atoms with E-state index >= 15 is 0 Å².